The van der Waals surface area contributed by atoms with E-state index in [1.807, 2.05) is 90.7 Å². The average molecular weight is 371 g/mol. The van der Waals surface area contributed by atoms with Gasteiger partial charge in [-0.25, -0.2) is 0 Å². The molecule has 1 heterocycles. The van der Waals surface area contributed by atoms with Gasteiger partial charge in [0.25, 0.3) is 0 Å². The largest absolute Gasteiger partial charge is 0.367 e. The van der Waals surface area contributed by atoms with Crippen LogP contribution >= 0.6 is 0 Å². The molecule has 1 aliphatic rings. The van der Waals surface area contributed by atoms with E-state index in [9.17, 15) is 4.79 Å². The lowest BCUT2D eigenvalue weighted by Gasteiger charge is -2.38. The lowest BCUT2D eigenvalue weighted by molar-refractivity contribution is -0.145. The third-order valence-corrected chi connectivity index (χ3v) is 5.26. The SMILES string of the molecule is CC1CN(C(=O)C(c2ccccc2)c2ccccc2)CC(c2ccccc2)O1. The van der Waals surface area contributed by atoms with Crippen molar-refractivity contribution >= 4 is 5.91 Å². The van der Waals surface area contributed by atoms with Crippen LogP contribution in [0.5, 0.6) is 0 Å². The second-order valence-corrected chi connectivity index (χ2v) is 7.34. The van der Waals surface area contributed by atoms with Crippen LogP contribution < -0.4 is 0 Å². The molecule has 0 N–H and O–H groups in total. The Bertz CT molecular complexity index is 856. The number of carbonyl (C=O) groups excluding carboxylic acids is 1. The predicted molar refractivity (Wildman–Crippen MR) is 111 cm³/mol. The Balaban J connectivity index is 1.64. The maximum atomic E-state index is 13.7. The third-order valence-electron chi connectivity index (χ3n) is 5.26. The number of ether oxygens (including phenoxy) is 1. The Hall–Kier alpha value is -2.91. The van der Waals surface area contributed by atoms with Crippen LogP contribution in [0.4, 0.5) is 0 Å². The van der Waals surface area contributed by atoms with E-state index in [0.29, 0.717) is 13.1 Å². The van der Waals surface area contributed by atoms with Gasteiger partial charge in [-0.05, 0) is 23.6 Å². The highest BCUT2D eigenvalue weighted by atomic mass is 16.5. The molecule has 4 rings (SSSR count). The zero-order chi connectivity index (χ0) is 19.3. The number of hydrogen-bond donors (Lipinski definition) is 0. The Morgan fingerprint density at radius 2 is 1.32 bits per heavy atom. The maximum Gasteiger partial charge on any atom is 0.234 e. The van der Waals surface area contributed by atoms with Gasteiger partial charge < -0.3 is 9.64 Å². The summed E-state index contributed by atoms with van der Waals surface area (Å²) >= 11 is 0. The van der Waals surface area contributed by atoms with Crippen molar-refractivity contribution in [2.45, 2.75) is 25.0 Å². The lowest BCUT2D eigenvalue weighted by atomic mass is 9.89. The number of benzene rings is 3. The fourth-order valence-corrected chi connectivity index (χ4v) is 3.93. The van der Waals surface area contributed by atoms with Gasteiger partial charge in [-0.2, -0.15) is 0 Å². The molecule has 1 fully saturated rings. The lowest BCUT2D eigenvalue weighted by Crippen LogP contribution is -2.47. The summed E-state index contributed by atoms with van der Waals surface area (Å²) in [6, 6.07) is 30.2. The highest BCUT2D eigenvalue weighted by molar-refractivity contribution is 5.87. The molecule has 0 saturated carbocycles. The van der Waals surface area contributed by atoms with Crippen molar-refractivity contribution in [2.24, 2.45) is 0 Å². The second kappa shape index (κ2) is 8.41. The van der Waals surface area contributed by atoms with E-state index in [1.54, 1.807) is 0 Å². The third kappa shape index (κ3) is 4.00. The molecule has 1 saturated heterocycles. The molecule has 0 aliphatic carbocycles. The molecule has 3 aromatic carbocycles. The van der Waals surface area contributed by atoms with E-state index in [4.69, 9.17) is 4.74 Å². The van der Waals surface area contributed by atoms with Gasteiger partial charge in [0.15, 0.2) is 0 Å². The standard InChI is InChI=1S/C25H25NO2/c1-19-17-26(18-23(28-19)20-11-5-2-6-12-20)25(27)24(21-13-7-3-8-14-21)22-15-9-4-10-16-22/h2-16,19,23-24H,17-18H2,1H3. The van der Waals surface area contributed by atoms with E-state index < -0.39 is 0 Å². The summed E-state index contributed by atoms with van der Waals surface area (Å²) in [6.45, 7) is 3.22. The van der Waals surface area contributed by atoms with Crippen molar-refractivity contribution in [3.05, 3.63) is 108 Å². The smallest absolute Gasteiger partial charge is 0.234 e. The summed E-state index contributed by atoms with van der Waals surface area (Å²) in [5.74, 6) is -0.169. The minimum atomic E-state index is -0.302. The molecule has 3 aromatic rings. The Morgan fingerprint density at radius 3 is 1.86 bits per heavy atom. The van der Waals surface area contributed by atoms with Gasteiger partial charge in [-0.15, -0.1) is 0 Å². The molecule has 0 bridgehead atoms. The van der Waals surface area contributed by atoms with Crippen LogP contribution in [0.1, 0.15) is 35.6 Å². The van der Waals surface area contributed by atoms with Gasteiger partial charge in [0.1, 0.15) is 6.10 Å². The molecular weight excluding hydrogens is 346 g/mol. The molecular formula is C25H25NO2. The van der Waals surface area contributed by atoms with E-state index in [0.717, 1.165) is 16.7 Å². The number of carbonyl (C=O) groups is 1. The molecule has 28 heavy (non-hydrogen) atoms. The molecule has 0 radical (unpaired) electrons. The summed E-state index contributed by atoms with van der Waals surface area (Å²) < 4.78 is 6.15. The molecule has 1 amide bonds. The minimum Gasteiger partial charge on any atom is -0.367 e. The monoisotopic (exact) mass is 371 g/mol. The van der Waals surface area contributed by atoms with Gasteiger partial charge >= 0.3 is 0 Å². The molecule has 3 heteroatoms. The van der Waals surface area contributed by atoms with Gasteiger partial charge in [0, 0.05) is 6.54 Å². The molecule has 0 aromatic heterocycles. The van der Waals surface area contributed by atoms with E-state index in [2.05, 4.69) is 12.1 Å². The number of hydrogen-bond acceptors (Lipinski definition) is 2. The van der Waals surface area contributed by atoms with Crippen LogP contribution in [0.3, 0.4) is 0 Å². The zero-order valence-electron chi connectivity index (χ0n) is 16.1. The number of rotatable bonds is 4. The molecule has 1 aliphatic heterocycles. The summed E-state index contributed by atoms with van der Waals surface area (Å²) in [5, 5.41) is 0. The van der Waals surface area contributed by atoms with Gasteiger partial charge in [-0.3, -0.25) is 4.79 Å². The van der Waals surface area contributed by atoms with Gasteiger partial charge in [-0.1, -0.05) is 91.0 Å². The Morgan fingerprint density at radius 1 is 0.821 bits per heavy atom. The van der Waals surface area contributed by atoms with Crippen LogP contribution in [-0.4, -0.2) is 30.0 Å². The molecule has 142 valence electrons. The molecule has 2 atom stereocenters. The highest BCUT2D eigenvalue weighted by Gasteiger charge is 2.34. The topological polar surface area (TPSA) is 29.5 Å². The molecule has 2 unspecified atom stereocenters. The van der Waals surface area contributed by atoms with Gasteiger partial charge in [0.2, 0.25) is 5.91 Å². The predicted octanol–water partition coefficient (Wildman–Crippen LogP) is 4.81. The van der Waals surface area contributed by atoms with Crippen molar-refractivity contribution in [3.63, 3.8) is 0 Å². The van der Waals surface area contributed by atoms with Crippen LogP contribution in [0, 0.1) is 0 Å². The van der Waals surface area contributed by atoms with E-state index >= 15 is 0 Å². The van der Waals surface area contributed by atoms with Crippen molar-refractivity contribution in [1.29, 1.82) is 0 Å². The van der Waals surface area contributed by atoms with Crippen molar-refractivity contribution in [1.82, 2.24) is 4.90 Å². The van der Waals surface area contributed by atoms with Gasteiger partial charge in [0.05, 0.1) is 18.6 Å². The first-order valence-corrected chi connectivity index (χ1v) is 9.81. The maximum absolute atomic E-state index is 13.7. The zero-order valence-corrected chi connectivity index (χ0v) is 16.1. The van der Waals surface area contributed by atoms with Crippen LogP contribution in [0.15, 0.2) is 91.0 Å². The first-order valence-electron chi connectivity index (χ1n) is 9.81. The van der Waals surface area contributed by atoms with Crippen LogP contribution in [0.2, 0.25) is 0 Å². The summed E-state index contributed by atoms with van der Waals surface area (Å²) in [6.07, 6.45) is -0.101. The van der Waals surface area contributed by atoms with Crippen molar-refractivity contribution in [2.75, 3.05) is 13.1 Å². The Kier molecular flexibility index (Phi) is 5.54. The second-order valence-electron chi connectivity index (χ2n) is 7.34. The average Bonchev–Trinajstić information content (AvgIpc) is 2.75. The summed E-state index contributed by atoms with van der Waals surface area (Å²) in [4.78, 5) is 15.7. The van der Waals surface area contributed by atoms with E-state index in [1.165, 1.54) is 0 Å². The number of morpholine rings is 1. The number of nitrogens with zero attached hydrogens (tertiary/aromatic N) is 1. The van der Waals surface area contributed by atoms with Crippen molar-refractivity contribution in [3.8, 4) is 0 Å². The quantitative estimate of drug-likeness (QED) is 0.659. The summed E-state index contributed by atoms with van der Waals surface area (Å²) in [7, 11) is 0. The first kappa shape index (κ1) is 18.5. The molecule has 3 nitrogen and oxygen atoms in total. The van der Waals surface area contributed by atoms with Crippen molar-refractivity contribution < 1.29 is 9.53 Å². The fraction of sp³-hybridized carbons (Fsp3) is 0.240. The van der Waals surface area contributed by atoms with Crippen LogP contribution in [0.25, 0.3) is 0 Å². The Labute approximate surface area is 166 Å². The highest BCUT2D eigenvalue weighted by Crippen LogP contribution is 2.31. The summed E-state index contributed by atoms with van der Waals surface area (Å²) in [5.41, 5.74) is 3.16. The first-order chi connectivity index (χ1) is 13.7. The normalized spacial score (nSPS) is 19.6. The molecule has 0 spiro atoms. The van der Waals surface area contributed by atoms with E-state index in [-0.39, 0.29) is 24.0 Å². The van der Waals surface area contributed by atoms with Crippen LogP contribution in [-0.2, 0) is 9.53 Å². The fourth-order valence-electron chi connectivity index (χ4n) is 3.93. The minimum absolute atomic E-state index is 0.00453. The number of amides is 1.